The predicted molar refractivity (Wildman–Crippen MR) is 74.5 cm³/mol. The number of ether oxygens (including phenoxy) is 2. The first-order chi connectivity index (χ1) is 8.79. The summed E-state index contributed by atoms with van der Waals surface area (Å²) >= 11 is 0. The molecule has 0 aliphatic heterocycles. The normalized spacial score (nSPS) is 14.8. The topological polar surface area (TPSA) is 61.5 Å². The van der Waals surface area contributed by atoms with Gasteiger partial charge in [0.2, 0.25) is 0 Å². The molecule has 0 fully saturated rings. The quantitative estimate of drug-likeness (QED) is 0.830. The Morgan fingerprint density at radius 3 is 2.37 bits per heavy atom. The lowest BCUT2D eigenvalue weighted by Gasteiger charge is -2.27. The molecule has 0 saturated heterocycles. The molecule has 0 heterocycles. The maximum Gasteiger partial charge on any atom is 0.325 e. The molecule has 0 aromatic heterocycles. The zero-order valence-corrected chi connectivity index (χ0v) is 12.1. The van der Waals surface area contributed by atoms with Crippen LogP contribution >= 0.6 is 0 Å². The summed E-state index contributed by atoms with van der Waals surface area (Å²) in [7, 11) is 0. The van der Waals surface area contributed by atoms with Crippen molar-refractivity contribution in [1.82, 2.24) is 0 Å². The monoisotopic (exact) mass is 265 g/mol. The Balaban J connectivity index is 2.44. The molecule has 0 saturated carbocycles. The lowest BCUT2D eigenvalue weighted by atomic mass is 10.1. The smallest absolute Gasteiger partial charge is 0.325 e. The van der Waals surface area contributed by atoms with Gasteiger partial charge in [0.05, 0.1) is 11.7 Å². The molecule has 4 nitrogen and oxygen atoms in total. The third-order valence-electron chi connectivity index (χ3n) is 2.54. The number of hydrogen-bond donors (Lipinski definition) is 1. The van der Waals surface area contributed by atoms with Crippen molar-refractivity contribution in [1.29, 1.82) is 0 Å². The van der Waals surface area contributed by atoms with E-state index in [1.807, 2.05) is 51.1 Å². The van der Waals surface area contributed by atoms with Crippen molar-refractivity contribution in [2.45, 2.75) is 52.0 Å². The van der Waals surface area contributed by atoms with Crippen molar-refractivity contribution in [2.24, 2.45) is 5.73 Å². The van der Waals surface area contributed by atoms with Gasteiger partial charge in [-0.15, -0.1) is 0 Å². The van der Waals surface area contributed by atoms with E-state index in [-0.39, 0.29) is 18.3 Å². The number of nitrogens with two attached hydrogens (primary N) is 1. The minimum absolute atomic E-state index is 0.232. The molecule has 4 heteroatoms. The summed E-state index contributed by atoms with van der Waals surface area (Å²) in [5.74, 6) is -0.444. The summed E-state index contributed by atoms with van der Waals surface area (Å²) < 4.78 is 10.8. The number of esters is 1. The van der Waals surface area contributed by atoms with Gasteiger partial charge in [0, 0.05) is 0 Å². The molecule has 106 valence electrons. The SMILES string of the molecule is C[C@@H](OC(C)(C)C)[C@H](N)C(=O)OCc1ccccc1. The molecule has 0 amide bonds. The Morgan fingerprint density at radius 1 is 1.26 bits per heavy atom. The van der Waals surface area contributed by atoms with E-state index in [9.17, 15) is 4.79 Å². The fourth-order valence-electron chi connectivity index (χ4n) is 1.65. The summed E-state index contributed by atoms with van der Waals surface area (Å²) in [6, 6.07) is 8.73. The van der Waals surface area contributed by atoms with Gasteiger partial charge in [0.25, 0.3) is 0 Å². The Hall–Kier alpha value is -1.39. The number of carbonyl (C=O) groups excluding carboxylic acids is 1. The van der Waals surface area contributed by atoms with Crippen LogP contribution in [0.2, 0.25) is 0 Å². The fourth-order valence-corrected chi connectivity index (χ4v) is 1.65. The summed E-state index contributed by atoms with van der Waals surface area (Å²) in [6.07, 6.45) is -0.386. The van der Waals surface area contributed by atoms with Crippen LogP contribution in [0.15, 0.2) is 30.3 Å². The Bertz CT molecular complexity index is 398. The molecule has 1 rings (SSSR count). The minimum atomic E-state index is -0.775. The first-order valence-electron chi connectivity index (χ1n) is 6.43. The van der Waals surface area contributed by atoms with E-state index in [2.05, 4.69) is 0 Å². The largest absolute Gasteiger partial charge is 0.460 e. The van der Waals surface area contributed by atoms with E-state index >= 15 is 0 Å². The summed E-state index contributed by atoms with van der Waals surface area (Å²) in [5, 5.41) is 0. The second kappa shape index (κ2) is 6.68. The zero-order chi connectivity index (χ0) is 14.5. The Morgan fingerprint density at radius 2 is 1.84 bits per heavy atom. The molecule has 1 aromatic carbocycles. The molecule has 19 heavy (non-hydrogen) atoms. The molecule has 0 bridgehead atoms. The molecule has 0 aliphatic carbocycles. The maximum atomic E-state index is 11.8. The summed E-state index contributed by atoms with van der Waals surface area (Å²) in [4.78, 5) is 11.8. The minimum Gasteiger partial charge on any atom is -0.460 e. The van der Waals surface area contributed by atoms with Crippen LogP contribution in [0.5, 0.6) is 0 Å². The van der Waals surface area contributed by atoms with Gasteiger partial charge in [-0.05, 0) is 33.3 Å². The lowest BCUT2D eigenvalue weighted by molar-refractivity contribution is -0.153. The van der Waals surface area contributed by atoms with Crippen LogP contribution < -0.4 is 5.73 Å². The number of carbonyl (C=O) groups is 1. The highest BCUT2D eigenvalue weighted by Crippen LogP contribution is 2.13. The standard InChI is InChI=1S/C15H23NO3/c1-11(19-15(2,3)4)13(16)14(17)18-10-12-8-6-5-7-9-12/h5-9,11,13H,10,16H2,1-4H3/t11-,13+/m1/s1. The second-order valence-electron chi connectivity index (χ2n) is 5.55. The van der Waals surface area contributed by atoms with Gasteiger partial charge < -0.3 is 15.2 Å². The van der Waals surface area contributed by atoms with Gasteiger partial charge in [-0.2, -0.15) is 0 Å². The van der Waals surface area contributed by atoms with E-state index < -0.39 is 12.0 Å². The average molecular weight is 265 g/mol. The molecule has 0 spiro atoms. The highest BCUT2D eigenvalue weighted by atomic mass is 16.5. The summed E-state index contributed by atoms with van der Waals surface area (Å²) in [5.41, 5.74) is 6.43. The molecule has 2 atom stereocenters. The van der Waals surface area contributed by atoms with Crippen molar-refractivity contribution in [2.75, 3.05) is 0 Å². The molecular weight excluding hydrogens is 242 g/mol. The van der Waals surface area contributed by atoms with E-state index in [0.717, 1.165) is 5.56 Å². The van der Waals surface area contributed by atoms with Crippen molar-refractivity contribution in [3.8, 4) is 0 Å². The molecule has 0 radical (unpaired) electrons. The van der Waals surface area contributed by atoms with Gasteiger partial charge in [0.15, 0.2) is 0 Å². The van der Waals surface area contributed by atoms with Crippen molar-refractivity contribution in [3.63, 3.8) is 0 Å². The molecule has 2 N–H and O–H groups in total. The van der Waals surface area contributed by atoms with Crippen LogP contribution in [0.1, 0.15) is 33.3 Å². The van der Waals surface area contributed by atoms with E-state index in [1.54, 1.807) is 6.92 Å². The number of benzene rings is 1. The van der Waals surface area contributed by atoms with Crippen LogP contribution in [-0.4, -0.2) is 23.7 Å². The predicted octanol–water partition coefficient (Wildman–Crippen LogP) is 2.26. The lowest BCUT2D eigenvalue weighted by Crippen LogP contribution is -2.45. The van der Waals surface area contributed by atoms with Crippen molar-refractivity contribution >= 4 is 5.97 Å². The van der Waals surface area contributed by atoms with Gasteiger partial charge in [0.1, 0.15) is 12.6 Å². The van der Waals surface area contributed by atoms with Crippen LogP contribution in [-0.2, 0) is 20.9 Å². The van der Waals surface area contributed by atoms with E-state index in [4.69, 9.17) is 15.2 Å². The Labute approximate surface area is 114 Å². The average Bonchev–Trinajstić information content (AvgIpc) is 2.34. The number of rotatable bonds is 5. The first kappa shape index (κ1) is 15.7. The third-order valence-corrected chi connectivity index (χ3v) is 2.54. The Kier molecular flexibility index (Phi) is 5.51. The van der Waals surface area contributed by atoms with E-state index in [1.165, 1.54) is 0 Å². The maximum absolute atomic E-state index is 11.8. The second-order valence-corrected chi connectivity index (χ2v) is 5.55. The van der Waals surface area contributed by atoms with Gasteiger partial charge in [-0.25, -0.2) is 0 Å². The van der Waals surface area contributed by atoms with Gasteiger partial charge >= 0.3 is 5.97 Å². The third kappa shape index (κ3) is 5.85. The molecule has 0 unspecified atom stereocenters. The van der Waals surface area contributed by atoms with Gasteiger partial charge in [-0.1, -0.05) is 30.3 Å². The van der Waals surface area contributed by atoms with Crippen LogP contribution in [0.4, 0.5) is 0 Å². The molecular formula is C15H23NO3. The highest BCUT2D eigenvalue weighted by molar-refractivity contribution is 5.76. The van der Waals surface area contributed by atoms with E-state index in [0.29, 0.717) is 0 Å². The zero-order valence-electron chi connectivity index (χ0n) is 12.1. The molecule has 1 aromatic rings. The van der Waals surface area contributed by atoms with Crippen LogP contribution in [0.3, 0.4) is 0 Å². The molecule has 0 aliphatic rings. The first-order valence-corrected chi connectivity index (χ1v) is 6.43. The number of hydrogen-bond acceptors (Lipinski definition) is 4. The fraction of sp³-hybridized carbons (Fsp3) is 0.533. The van der Waals surface area contributed by atoms with Crippen molar-refractivity contribution in [3.05, 3.63) is 35.9 Å². The van der Waals surface area contributed by atoms with Crippen LogP contribution in [0.25, 0.3) is 0 Å². The summed E-state index contributed by atoms with van der Waals surface area (Å²) in [6.45, 7) is 7.78. The van der Waals surface area contributed by atoms with Crippen molar-refractivity contribution < 1.29 is 14.3 Å². The van der Waals surface area contributed by atoms with Gasteiger partial charge in [-0.3, -0.25) is 4.79 Å². The van der Waals surface area contributed by atoms with Crippen LogP contribution in [0, 0.1) is 0 Å². The highest BCUT2D eigenvalue weighted by Gasteiger charge is 2.26.